The van der Waals surface area contributed by atoms with Crippen molar-refractivity contribution in [2.75, 3.05) is 12.4 Å². The standard InChI is InChI=1S/C21H22N4O2/c1-15-6-5-7-16(12-15)13-23-20(26)18-10-11-22-21(25-18)24-14-17-8-3-4-9-19(17)27-2/h3-12H,13-14H2,1-2H3,(H,23,26)(H,22,24,25). The van der Waals surface area contributed by atoms with Gasteiger partial charge in [-0.1, -0.05) is 48.0 Å². The van der Waals surface area contributed by atoms with Crippen molar-refractivity contribution in [1.82, 2.24) is 15.3 Å². The molecule has 0 aliphatic heterocycles. The molecule has 0 bridgehead atoms. The van der Waals surface area contributed by atoms with E-state index >= 15 is 0 Å². The number of carbonyl (C=O) groups is 1. The number of nitrogens with zero attached hydrogens (tertiary/aromatic N) is 2. The number of hydrogen-bond acceptors (Lipinski definition) is 5. The van der Waals surface area contributed by atoms with E-state index in [9.17, 15) is 4.79 Å². The van der Waals surface area contributed by atoms with Crippen molar-refractivity contribution >= 4 is 11.9 Å². The Kier molecular flexibility index (Phi) is 5.99. The highest BCUT2D eigenvalue weighted by Gasteiger charge is 2.09. The van der Waals surface area contributed by atoms with E-state index in [2.05, 4.69) is 20.6 Å². The van der Waals surface area contributed by atoms with Gasteiger partial charge in [0.25, 0.3) is 5.91 Å². The maximum atomic E-state index is 12.4. The molecule has 3 aromatic rings. The van der Waals surface area contributed by atoms with Crippen LogP contribution in [0.1, 0.15) is 27.2 Å². The number of aryl methyl sites for hydroxylation is 1. The smallest absolute Gasteiger partial charge is 0.270 e. The molecule has 0 fully saturated rings. The molecule has 0 aliphatic rings. The lowest BCUT2D eigenvalue weighted by Crippen LogP contribution is -2.24. The highest BCUT2D eigenvalue weighted by atomic mass is 16.5. The normalized spacial score (nSPS) is 10.3. The van der Waals surface area contributed by atoms with Crippen LogP contribution in [-0.4, -0.2) is 23.0 Å². The molecule has 6 nitrogen and oxygen atoms in total. The van der Waals surface area contributed by atoms with Gasteiger partial charge in [-0.2, -0.15) is 0 Å². The fourth-order valence-electron chi connectivity index (χ4n) is 2.69. The fourth-order valence-corrected chi connectivity index (χ4v) is 2.69. The maximum Gasteiger partial charge on any atom is 0.270 e. The molecule has 3 rings (SSSR count). The molecule has 0 aliphatic carbocycles. The Bertz CT molecular complexity index is 927. The third-order valence-electron chi connectivity index (χ3n) is 4.05. The molecule has 27 heavy (non-hydrogen) atoms. The molecule has 1 amide bonds. The second-order valence-electron chi connectivity index (χ2n) is 6.10. The Labute approximate surface area is 158 Å². The van der Waals surface area contributed by atoms with E-state index in [1.807, 2.05) is 55.5 Å². The molecule has 138 valence electrons. The summed E-state index contributed by atoms with van der Waals surface area (Å²) in [7, 11) is 1.63. The number of anilines is 1. The van der Waals surface area contributed by atoms with E-state index in [1.54, 1.807) is 19.4 Å². The Morgan fingerprint density at radius 2 is 1.93 bits per heavy atom. The van der Waals surface area contributed by atoms with E-state index in [1.165, 1.54) is 0 Å². The van der Waals surface area contributed by atoms with E-state index in [0.29, 0.717) is 24.7 Å². The SMILES string of the molecule is COc1ccccc1CNc1nccc(C(=O)NCc2cccc(C)c2)n1. The van der Waals surface area contributed by atoms with Gasteiger partial charge in [-0.25, -0.2) is 9.97 Å². The molecule has 1 aromatic heterocycles. The molecule has 0 saturated carbocycles. The Balaban J connectivity index is 1.61. The number of aromatic nitrogens is 2. The first-order chi connectivity index (χ1) is 13.2. The van der Waals surface area contributed by atoms with Gasteiger partial charge in [0.05, 0.1) is 7.11 Å². The van der Waals surface area contributed by atoms with Crippen LogP contribution >= 0.6 is 0 Å². The highest BCUT2D eigenvalue weighted by Crippen LogP contribution is 2.18. The first kappa shape index (κ1) is 18.4. The summed E-state index contributed by atoms with van der Waals surface area (Å²) in [6.45, 7) is 2.97. The van der Waals surface area contributed by atoms with Gasteiger partial charge >= 0.3 is 0 Å². The maximum absolute atomic E-state index is 12.4. The second-order valence-corrected chi connectivity index (χ2v) is 6.10. The van der Waals surface area contributed by atoms with E-state index in [-0.39, 0.29) is 5.91 Å². The number of amides is 1. The minimum absolute atomic E-state index is 0.237. The third kappa shape index (κ3) is 5.04. The summed E-state index contributed by atoms with van der Waals surface area (Å²) in [5.41, 5.74) is 3.51. The first-order valence-corrected chi connectivity index (χ1v) is 8.68. The number of ether oxygens (including phenoxy) is 1. The van der Waals surface area contributed by atoms with Crippen molar-refractivity contribution in [3.63, 3.8) is 0 Å². The van der Waals surface area contributed by atoms with Crippen molar-refractivity contribution in [2.45, 2.75) is 20.0 Å². The number of carbonyl (C=O) groups excluding carboxylic acids is 1. The summed E-state index contributed by atoms with van der Waals surface area (Å²) >= 11 is 0. The van der Waals surface area contributed by atoms with Gasteiger partial charge < -0.3 is 15.4 Å². The summed E-state index contributed by atoms with van der Waals surface area (Å²) < 4.78 is 5.33. The van der Waals surface area contributed by atoms with E-state index < -0.39 is 0 Å². The summed E-state index contributed by atoms with van der Waals surface area (Å²) in [5, 5.41) is 6.01. The number of para-hydroxylation sites is 1. The number of methoxy groups -OCH3 is 1. The van der Waals surface area contributed by atoms with Gasteiger partial charge in [-0.3, -0.25) is 4.79 Å². The first-order valence-electron chi connectivity index (χ1n) is 8.68. The van der Waals surface area contributed by atoms with Crippen LogP contribution in [0.2, 0.25) is 0 Å². The lowest BCUT2D eigenvalue weighted by Gasteiger charge is -2.10. The predicted molar refractivity (Wildman–Crippen MR) is 105 cm³/mol. The minimum atomic E-state index is -0.237. The zero-order chi connectivity index (χ0) is 19.1. The van der Waals surface area contributed by atoms with Gasteiger partial charge in [0.1, 0.15) is 11.4 Å². The van der Waals surface area contributed by atoms with Crippen LogP contribution in [0.3, 0.4) is 0 Å². The van der Waals surface area contributed by atoms with E-state index in [0.717, 1.165) is 22.4 Å². The zero-order valence-corrected chi connectivity index (χ0v) is 15.4. The van der Waals surface area contributed by atoms with Gasteiger partial charge in [-0.05, 0) is 24.6 Å². The predicted octanol–water partition coefficient (Wildman–Crippen LogP) is 3.34. The van der Waals surface area contributed by atoms with Gasteiger partial charge in [0.2, 0.25) is 5.95 Å². The lowest BCUT2D eigenvalue weighted by molar-refractivity contribution is 0.0946. The van der Waals surface area contributed by atoms with E-state index in [4.69, 9.17) is 4.74 Å². The Hall–Kier alpha value is -3.41. The van der Waals surface area contributed by atoms with Crippen LogP contribution in [0, 0.1) is 6.92 Å². The Morgan fingerprint density at radius 1 is 1.07 bits per heavy atom. The number of hydrogen-bond donors (Lipinski definition) is 2. The lowest BCUT2D eigenvalue weighted by atomic mass is 10.1. The highest BCUT2D eigenvalue weighted by molar-refractivity contribution is 5.92. The zero-order valence-electron chi connectivity index (χ0n) is 15.4. The molecule has 1 heterocycles. The second kappa shape index (κ2) is 8.80. The third-order valence-corrected chi connectivity index (χ3v) is 4.05. The fraction of sp³-hybridized carbons (Fsp3) is 0.190. The van der Waals surface area contributed by atoms with Gasteiger partial charge in [0, 0.05) is 24.8 Å². The summed E-state index contributed by atoms with van der Waals surface area (Å²) in [4.78, 5) is 20.9. The van der Waals surface area contributed by atoms with Crippen molar-refractivity contribution in [3.05, 3.63) is 83.2 Å². The van der Waals surface area contributed by atoms with Crippen LogP contribution in [-0.2, 0) is 13.1 Å². The number of benzene rings is 2. The molecular formula is C21H22N4O2. The molecule has 0 radical (unpaired) electrons. The minimum Gasteiger partial charge on any atom is -0.496 e. The van der Waals surface area contributed by atoms with Crippen LogP contribution in [0.15, 0.2) is 60.8 Å². The van der Waals surface area contributed by atoms with Crippen LogP contribution in [0.4, 0.5) is 5.95 Å². The van der Waals surface area contributed by atoms with Crippen LogP contribution in [0.5, 0.6) is 5.75 Å². The monoisotopic (exact) mass is 362 g/mol. The number of nitrogens with one attached hydrogen (secondary N) is 2. The van der Waals surface area contributed by atoms with Crippen molar-refractivity contribution in [3.8, 4) is 5.75 Å². The van der Waals surface area contributed by atoms with Gasteiger partial charge in [0.15, 0.2) is 0 Å². The average Bonchev–Trinajstić information content (AvgIpc) is 2.71. The van der Waals surface area contributed by atoms with Gasteiger partial charge in [-0.15, -0.1) is 0 Å². The quantitative estimate of drug-likeness (QED) is 0.674. The van der Waals surface area contributed by atoms with Crippen molar-refractivity contribution in [2.24, 2.45) is 0 Å². The van der Waals surface area contributed by atoms with Crippen molar-refractivity contribution in [1.29, 1.82) is 0 Å². The van der Waals surface area contributed by atoms with Crippen molar-refractivity contribution < 1.29 is 9.53 Å². The molecule has 2 N–H and O–H groups in total. The molecule has 0 atom stereocenters. The molecule has 6 heteroatoms. The molecule has 0 unspecified atom stereocenters. The van der Waals surface area contributed by atoms with Crippen LogP contribution in [0.25, 0.3) is 0 Å². The number of rotatable bonds is 7. The summed E-state index contributed by atoms with van der Waals surface area (Å²) in [6, 6.07) is 17.3. The molecule has 0 saturated heterocycles. The molecule has 2 aromatic carbocycles. The largest absolute Gasteiger partial charge is 0.496 e. The Morgan fingerprint density at radius 3 is 2.74 bits per heavy atom. The van der Waals surface area contributed by atoms with Crippen LogP contribution < -0.4 is 15.4 Å². The molecular weight excluding hydrogens is 340 g/mol. The summed E-state index contributed by atoms with van der Waals surface area (Å²) in [6.07, 6.45) is 1.57. The average molecular weight is 362 g/mol. The topological polar surface area (TPSA) is 76.1 Å². The molecule has 0 spiro atoms. The summed E-state index contributed by atoms with van der Waals surface area (Å²) in [5.74, 6) is 0.945.